The number of rotatable bonds is 2. The summed E-state index contributed by atoms with van der Waals surface area (Å²) < 4.78 is 19.0. The lowest BCUT2D eigenvalue weighted by Gasteiger charge is -2.26. The fraction of sp³-hybridized carbons (Fsp3) is 0.500. The summed E-state index contributed by atoms with van der Waals surface area (Å²) in [4.78, 5) is 0. The van der Waals surface area contributed by atoms with Crippen LogP contribution in [0.25, 0.3) is 0 Å². The maximum Gasteiger partial charge on any atom is 0.127 e. The van der Waals surface area contributed by atoms with E-state index in [-0.39, 0.29) is 11.7 Å². The zero-order valence-corrected chi connectivity index (χ0v) is 8.92. The Morgan fingerprint density at radius 3 is 3.00 bits per heavy atom. The molecule has 1 atom stereocenters. The van der Waals surface area contributed by atoms with Gasteiger partial charge in [0.25, 0.3) is 0 Å². The van der Waals surface area contributed by atoms with Crippen LogP contribution < -0.4 is 10.5 Å². The fourth-order valence-electron chi connectivity index (χ4n) is 2.41. The van der Waals surface area contributed by atoms with E-state index in [0.717, 1.165) is 36.1 Å². The van der Waals surface area contributed by atoms with E-state index in [4.69, 9.17) is 10.5 Å². The van der Waals surface area contributed by atoms with Crippen molar-refractivity contribution in [3.8, 4) is 5.75 Å². The smallest absolute Gasteiger partial charge is 0.127 e. The third-order valence-electron chi connectivity index (χ3n) is 3.15. The summed E-state index contributed by atoms with van der Waals surface area (Å²) in [7, 11) is 1.62. The number of fused-ring (bicyclic) bond motifs is 1. The van der Waals surface area contributed by atoms with E-state index in [1.807, 2.05) is 0 Å². The number of methoxy groups -OCH3 is 1. The van der Waals surface area contributed by atoms with Gasteiger partial charge < -0.3 is 10.5 Å². The van der Waals surface area contributed by atoms with Gasteiger partial charge in [-0.25, -0.2) is 4.39 Å². The molecule has 0 spiro atoms. The second kappa shape index (κ2) is 4.19. The lowest BCUT2D eigenvalue weighted by atomic mass is 9.82. The van der Waals surface area contributed by atoms with Crippen molar-refractivity contribution in [2.24, 2.45) is 5.73 Å². The highest BCUT2D eigenvalue weighted by molar-refractivity contribution is 5.44. The van der Waals surface area contributed by atoms with E-state index in [9.17, 15) is 4.39 Å². The monoisotopic (exact) mass is 209 g/mol. The molecule has 2 N–H and O–H groups in total. The topological polar surface area (TPSA) is 35.2 Å². The van der Waals surface area contributed by atoms with Crippen molar-refractivity contribution in [2.45, 2.75) is 25.2 Å². The summed E-state index contributed by atoms with van der Waals surface area (Å²) in [6.45, 7) is 0.511. The van der Waals surface area contributed by atoms with Crippen LogP contribution in [0.1, 0.15) is 29.9 Å². The molecule has 0 fully saturated rings. The second-order valence-corrected chi connectivity index (χ2v) is 3.97. The van der Waals surface area contributed by atoms with Gasteiger partial charge in [-0.1, -0.05) is 0 Å². The first-order chi connectivity index (χ1) is 7.27. The number of hydrogen-bond acceptors (Lipinski definition) is 2. The van der Waals surface area contributed by atoms with Crippen molar-refractivity contribution in [3.63, 3.8) is 0 Å². The summed E-state index contributed by atoms with van der Waals surface area (Å²) in [5.74, 6) is 0.814. The first-order valence-electron chi connectivity index (χ1n) is 5.33. The molecule has 2 rings (SSSR count). The highest BCUT2D eigenvalue weighted by Crippen LogP contribution is 2.37. The fourth-order valence-corrected chi connectivity index (χ4v) is 2.41. The lowest BCUT2D eigenvalue weighted by molar-refractivity contribution is 0.399. The predicted molar refractivity (Wildman–Crippen MR) is 57.7 cm³/mol. The van der Waals surface area contributed by atoms with Crippen LogP contribution in [0.4, 0.5) is 4.39 Å². The largest absolute Gasteiger partial charge is 0.496 e. The van der Waals surface area contributed by atoms with Gasteiger partial charge in [-0.2, -0.15) is 0 Å². The molecule has 0 radical (unpaired) electrons. The Hall–Kier alpha value is -1.09. The van der Waals surface area contributed by atoms with Gasteiger partial charge in [0, 0.05) is 5.56 Å². The van der Waals surface area contributed by atoms with Crippen LogP contribution in [-0.4, -0.2) is 13.7 Å². The van der Waals surface area contributed by atoms with Crippen molar-refractivity contribution in [3.05, 3.63) is 29.1 Å². The zero-order chi connectivity index (χ0) is 10.8. The van der Waals surface area contributed by atoms with E-state index in [1.54, 1.807) is 13.2 Å². The Morgan fingerprint density at radius 1 is 1.53 bits per heavy atom. The van der Waals surface area contributed by atoms with Crippen LogP contribution in [0, 0.1) is 5.82 Å². The summed E-state index contributed by atoms with van der Waals surface area (Å²) >= 11 is 0. The van der Waals surface area contributed by atoms with Gasteiger partial charge in [0.15, 0.2) is 0 Å². The van der Waals surface area contributed by atoms with Crippen molar-refractivity contribution in [1.29, 1.82) is 0 Å². The van der Waals surface area contributed by atoms with Gasteiger partial charge in [-0.05, 0) is 49.4 Å². The van der Waals surface area contributed by atoms with E-state index in [0.29, 0.717) is 6.54 Å². The normalized spacial score (nSPS) is 19.8. The van der Waals surface area contributed by atoms with Crippen molar-refractivity contribution >= 4 is 0 Å². The van der Waals surface area contributed by atoms with Crippen molar-refractivity contribution in [1.82, 2.24) is 0 Å². The van der Waals surface area contributed by atoms with Crippen LogP contribution in [0.15, 0.2) is 12.1 Å². The molecule has 0 saturated carbocycles. The van der Waals surface area contributed by atoms with Gasteiger partial charge in [0.1, 0.15) is 11.6 Å². The van der Waals surface area contributed by atoms with Gasteiger partial charge in [0.2, 0.25) is 0 Å². The minimum atomic E-state index is -0.138. The molecule has 0 saturated heterocycles. The van der Waals surface area contributed by atoms with Gasteiger partial charge in [-0.15, -0.1) is 0 Å². The van der Waals surface area contributed by atoms with E-state index >= 15 is 0 Å². The Balaban J connectivity index is 2.53. The molecule has 3 heteroatoms. The molecule has 15 heavy (non-hydrogen) atoms. The molecule has 1 aromatic rings. The van der Waals surface area contributed by atoms with Gasteiger partial charge in [0.05, 0.1) is 7.11 Å². The van der Waals surface area contributed by atoms with Crippen LogP contribution in [0.5, 0.6) is 5.75 Å². The summed E-state index contributed by atoms with van der Waals surface area (Å²) in [6.07, 6.45) is 2.94. The molecule has 82 valence electrons. The number of benzene rings is 1. The quantitative estimate of drug-likeness (QED) is 0.810. The standard InChI is InChI=1S/C12H16FNO/c1-15-11-6-5-10(13)12-8(7-14)3-2-4-9(11)12/h5-6,8H,2-4,7,14H2,1H3. The molecular weight excluding hydrogens is 193 g/mol. The highest BCUT2D eigenvalue weighted by atomic mass is 19.1. The molecule has 0 amide bonds. The van der Waals surface area contributed by atoms with Gasteiger partial charge in [-0.3, -0.25) is 0 Å². The maximum absolute atomic E-state index is 13.7. The summed E-state index contributed by atoms with van der Waals surface area (Å²) in [5, 5.41) is 0. The Morgan fingerprint density at radius 2 is 2.33 bits per heavy atom. The van der Waals surface area contributed by atoms with Crippen LogP contribution >= 0.6 is 0 Å². The minimum absolute atomic E-state index is 0.138. The Labute approximate surface area is 89.2 Å². The van der Waals surface area contributed by atoms with Crippen molar-refractivity contribution in [2.75, 3.05) is 13.7 Å². The summed E-state index contributed by atoms with van der Waals surface area (Å²) in [5.41, 5.74) is 7.46. The first kappa shape index (κ1) is 10.4. The Kier molecular flexibility index (Phi) is 2.91. The SMILES string of the molecule is COc1ccc(F)c2c1CCCC2CN. The number of hydrogen-bond donors (Lipinski definition) is 1. The number of nitrogens with two attached hydrogens (primary N) is 1. The lowest BCUT2D eigenvalue weighted by Crippen LogP contribution is -2.20. The molecule has 1 aliphatic rings. The third kappa shape index (κ3) is 1.72. The first-order valence-corrected chi connectivity index (χ1v) is 5.33. The minimum Gasteiger partial charge on any atom is -0.496 e. The van der Waals surface area contributed by atoms with Gasteiger partial charge >= 0.3 is 0 Å². The molecule has 0 heterocycles. The van der Waals surface area contributed by atoms with Crippen molar-refractivity contribution < 1.29 is 9.13 Å². The Bertz CT molecular complexity index is 365. The highest BCUT2D eigenvalue weighted by Gasteiger charge is 2.25. The predicted octanol–water partition coefficient (Wildman–Crippen LogP) is 2.21. The molecule has 1 aromatic carbocycles. The number of ether oxygens (including phenoxy) is 1. The number of halogens is 1. The van der Waals surface area contributed by atoms with E-state index < -0.39 is 0 Å². The molecule has 2 nitrogen and oxygen atoms in total. The molecule has 1 aliphatic carbocycles. The molecule has 0 aliphatic heterocycles. The second-order valence-electron chi connectivity index (χ2n) is 3.97. The van der Waals surface area contributed by atoms with Crippen LogP contribution in [0.2, 0.25) is 0 Å². The molecule has 0 bridgehead atoms. The van der Waals surface area contributed by atoms with E-state index in [1.165, 1.54) is 6.07 Å². The maximum atomic E-state index is 13.7. The van der Waals surface area contributed by atoms with Crippen LogP contribution in [0.3, 0.4) is 0 Å². The van der Waals surface area contributed by atoms with E-state index in [2.05, 4.69) is 0 Å². The summed E-state index contributed by atoms with van der Waals surface area (Å²) in [6, 6.07) is 3.18. The third-order valence-corrected chi connectivity index (χ3v) is 3.15. The molecular formula is C12H16FNO. The zero-order valence-electron chi connectivity index (χ0n) is 8.92. The average molecular weight is 209 g/mol. The van der Waals surface area contributed by atoms with Crippen LogP contribution in [-0.2, 0) is 6.42 Å². The molecule has 1 unspecified atom stereocenters. The molecule has 0 aromatic heterocycles. The average Bonchev–Trinajstić information content (AvgIpc) is 2.29.